The standard InChI is InChI=1S/C21H44O4S.Na/c1-3-5-7-8-9-10-11-12-13-14-16-18-21(26(23,24)25)19-20(22)17-15-6-4-2;/h20-22H,3-19H2,1-2H3,(H,23,24,25);/q;+1/p-1. The molecule has 0 aromatic heterocycles. The zero-order valence-electron chi connectivity index (χ0n) is 18.3. The molecule has 0 aliphatic rings. The fourth-order valence-corrected chi connectivity index (χ4v) is 4.38. The van der Waals surface area contributed by atoms with Crippen LogP contribution in [0, 0.1) is 0 Å². The molecule has 0 heterocycles. The van der Waals surface area contributed by atoms with Crippen LogP contribution in [0.3, 0.4) is 0 Å². The molecule has 2 atom stereocenters. The summed E-state index contributed by atoms with van der Waals surface area (Å²) in [6, 6.07) is 0. The average molecular weight is 415 g/mol. The van der Waals surface area contributed by atoms with Crippen molar-refractivity contribution in [2.24, 2.45) is 0 Å². The van der Waals surface area contributed by atoms with Crippen LogP contribution in [0.4, 0.5) is 0 Å². The summed E-state index contributed by atoms with van der Waals surface area (Å²) in [6.07, 6.45) is 16.7. The smallest absolute Gasteiger partial charge is 0.748 e. The molecule has 27 heavy (non-hydrogen) atoms. The molecule has 0 aliphatic carbocycles. The summed E-state index contributed by atoms with van der Waals surface area (Å²) in [5, 5.41) is 9.06. The second-order valence-corrected chi connectivity index (χ2v) is 9.48. The quantitative estimate of drug-likeness (QED) is 0.200. The summed E-state index contributed by atoms with van der Waals surface area (Å²) in [7, 11) is -4.31. The minimum atomic E-state index is -4.31. The molecular weight excluding hydrogens is 371 g/mol. The molecule has 0 fully saturated rings. The largest absolute Gasteiger partial charge is 1.00 e. The summed E-state index contributed by atoms with van der Waals surface area (Å²) in [5.74, 6) is 0. The van der Waals surface area contributed by atoms with E-state index in [2.05, 4.69) is 13.8 Å². The van der Waals surface area contributed by atoms with Gasteiger partial charge >= 0.3 is 29.6 Å². The van der Waals surface area contributed by atoms with E-state index >= 15 is 0 Å². The fraction of sp³-hybridized carbons (Fsp3) is 1.00. The molecule has 0 aromatic carbocycles. The zero-order chi connectivity index (χ0) is 19.7. The maximum absolute atomic E-state index is 11.4. The minimum absolute atomic E-state index is 0. The van der Waals surface area contributed by atoms with Crippen molar-refractivity contribution in [2.75, 3.05) is 0 Å². The monoisotopic (exact) mass is 414 g/mol. The van der Waals surface area contributed by atoms with Crippen LogP contribution in [0.2, 0.25) is 0 Å². The molecule has 0 saturated carbocycles. The Morgan fingerprint density at radius 1 is 0.704 bits per heavy atom. The molecule has 158 valence electrons. The summed E-state index contributed by atoms with van der Waals surface area (Å²) >= 11 is 0. The van der Waals surface area contributed by atoms with Crippen molar-refractivity contribution in [1.82, 2.24) is 0 Å². The van der Waals surface area contributed by atoms with Crippen LogP contribution in [0.15, 0.2) is 0 Å². The van der Waals surface area contributed by atoms with Gasteiger partial charge in [-0.2, -0.15) is 0 Å². The van der Waals surface area contributed by atoms with Crippen molar-refractivity contribution < 1.29 is 47.6 Å². The molecule has 4 nitrogen and oxygen atoms in total. The first-order valence-corrected chi connectivity index (χ1v) is 12.5. The summed E-state index contributed by atoms with van der Waals surface area (Å²) in [4.78, 5) is 0. The van der Waals surface area contributed by atoms with Crippen molar-refractivity contribution in [1.29, 1.82) is 0 Å². The Balaban J connectivity index is 0. The van der Waals surface area contributed by atoms with Gasteiger partial charge in [0.1, 0.15) is 0 Å². The van der Waals surface area contributed by atoms with Crippen molar-refractivity contribution in [3.8, 4) is 0 Å². The van der Waals surface area contributed by atoms with E-state index < -0.39 is 21.5 Å². The second-order valence-electron chi connectivity index (χ2n) is 7.82. The van der Waals surface area contributed by atoms with E-state index in [9.17, 15) is 18.1 Å². The Labute approximate surface area is 191 Å². The molecule has 0 amide bonds. The summed E-state index contributed by atoms with van der Waals surface area (Å²) in [5.41, 5.74) is 0. The SMILES string of the molecule is CCCCCCCCCCCCCC(CC(O)CCCCC)S(=O)(=O)[O-].[Na+]. The van der Waals surface area contributed by atoms with Gasteiger partial charge in [0.15, 0.2) is 0 Å². The van der Waals surface area contributed by atoms with Gasteiger partial charge in [-0.1, -0.05) is 104 Å². The van der Waals surface area contributed by atoms with E-state index in [0.29, 0.717) is 12.8 Å². The van der Waals surface area contributed by atoms with Crippen LogP contribution in [0.25, 0.3) is 0 Å². The van der Waals surface area contributed by atoms with Gasteiger partial charge in [-0.3, -0.25) is 0 Å². The van der Waals surface area contributed by atoms with Crippen LogP contribution in [-0.2, 0) is 10.1 Å². The van der Waals surface area contributed by atoms with Gasteiger partial charge in [-0.05, 0) is 19.3 Å². The van der Waals surface area contributed by atoms with E-state index in [-0.39, 0.29) is 36.0 Å². The van der Waals surface area contributed by atoms with E-state index in [1.165, 1.54) is 51.4 Å². The summed E-state index contributed by atoms with van der Waals surface area (Å²) < 4.78 is 34.3. The normalized spacial score (nSPS) is 13.9. The number of hydrogen-bond acceptors (Lipinski definition) is 4. The second kappa shape index (κ2) is 20.2. The predicted octanol–water partition coefficient (Wildman–Crippen LogP) is 2.94. The summed E-state index contributed by atoms with van der Waals surface area (Å²) in [6.45, 7) is 4.32. The molecule has 2 unspecified atom stereocenters. The number of unbranched alkanes of at least 4 members (excludes halogenated alkanes) is 12. The molecule has 0 radical (unpaired) electrons. The van der Waals surface area contributed by atoms with Crippen molar-refractivity contribution in [3.63, 3.8) is 0 Å². The maximum Gasteiger partial charge on any atom is 1.00 e. The van der Waals surface area contributed by atoms with Gasteiger partial charge in [0.2, 0.25) is 0 Å². The number of aliphatic hydroxyl groups excluding tert-OH is 1. The van der Waals surface area contributed by atoms with Gasteiger partial charge < -0.3 is 9.66 Å². The minimum Gasteiger partial charge on any atom is -0.748 e. The molecule has 0 rings (SSSR count). The third-order valence-corrected chi connectivity index (χ3v) is 6.46. The van der Waals surface area contributed by atoms with Gasteiger partial charge in [0.25, 0.3) is 0 Å². The van der Waals surface area contributed by atoms with E-state index in [4.69, 9.17) is 0 Å². The first-order chi connectivity index (χ1) is 12.4. The van der Waals surface area contributed by atoms with Crippen molar-refractivity contribution in [3.05, 3.63) is 0 Å². The molecule has 0 aliphatic heterocycles. The van der Waals surface area contributed by atoms with Gasteiger partial charge in [-0.15, -0.1) is 0 Å². The first-order valence-electron chi connectivity index (χ1n) is 11.0. The number of rotatable bonds is 19. The molecular formula is C21H43NaO4S. The van der Waals surface area contributed by atoms with E-state index in [1.807, 2.05) is 0 Å². The van der Waals surface area contributed by atoms with E-state index in [0.717, 1.165) is 38.5 Å². The van der Waals surface area contributed by atoms with Crippen molar-refractivity contribution >= 4 is 10.1 Å². The van der Waals surface area contributed by atoms with Crippen LogP contribution < -0.4 is 29.6 Å². The molecule has 0 spiro atoms. The van der Waals surface area contributed by atoms with Crippen LogP contribution in [-0.4, -0.2) is 29.4 Å². The molecule has 0 saturated heterocycles. The average Bonchev–Trinajstić information content (AvgIpc) is 2.58. The van der Waals surface area contributed by atoms with Gasteiger partial charge in [0.05, 0.1) is 21.5 Å². The third kappa shape index (κ3) is 19.9. The Hall–Kier alpha value is 0.870. The number of hydrogen-bond donors (Lipinski definition) is 1. The Morgan fingerprint density at radius 2 is 1.07 bits per heavy atom. The molecule has 0 bridgehead atoms. The van der Waals surface area contributed by atoms with Crippen LogP contribution >= 0.6 is 0 Å². The first kappa shape index (κ1) is 30.1. The van der Waals surface area contributed by atoms with E-state index in [1.54, 1.807) is 0 Å². The Bertz CT molecular complexity index is 401. The topological polar surface area (TPSA) is 77.4 Å². The molecule has 6 heteroatoms. The molecule has 0 aromatic rings. The molecule has 1 N–H and O–H groups in total. The van der Waals surface area contributed by atoms with Gasteiger partial charge in [-0.25, -0.2) is 8.42 Å². The predicted molar refractivity (Wildman–Crippen MR) is 109 cm³/mol. The maximum atomic E-state index is 11.4. The Morgan fingerprint density at radius 3 is 1.52 bits per heavy atom. The third-order valence-electron chi connectivity index (χ3n) is 5.21. The van der Waals surface area contributed by atoms with Crippen molar-refractivity contribution in [2.45, 2.75) is 134 Å². The zero-order valence-corrected chi connectivity index (χ0v) is 21.1. The van der Waals surface area contributed by atoms with Crippen LogP contribution in [0.5, 0.6) is 0 Å². The fourth-order valence-electron chi connectivity index (χ4n) is 3.47. The van der Waals surface area contributed by atoms with Gasteiger partial charge in [0, 0.05) is 0 Å². The van der Waals surface area contributed by atoms with Crippen LogP contribution in [0.1, 0.15) is 123 Å². The Kier molecular flexibility index (Phi) is 22.4. The number of aliphatic hydroxyl groups is 1.